The van der Waals surface area contributed by atoms with Gasteiger partial charge in [0.1, 0.15) is 16.8 Å². The first-order chi connectivity index (χ1) is 69.1. The SMILES string of the molecule is CC1=C(/C=C/c2cccc(C(CCNC(=O)OC(C)(C)C)N3C(=O)c4ccccc4C3=O)c2)C(C)(C)CCC1.CC1=C(/C=C/c2cccc(C(N)CCN)c2)C(C)(C)CCC1.CC1=C(/C=C/c2cccc(C(N)CCNC(=O)OC(C)(C)C)c2)C(C)(C)CCC1.CC1=C(/C=C/c2cccc(C(O)CCNC(=O)OC(C)(C)C)c2)C(C)(C)CCC1.CCCl.CCO.CCO.CCOC(C)=O.N=N.O.O=C1NC(=O)c2ccccc21.[HH].[HH].[HH].[HH].[HH].[HH].[HH].[HH].[HH].[HH].[HH].[HH].[HH].[HH].[HH].[HH]. The minimum atomic E-state index is -0.634. The molecule has 0 radical (unpaired) electrons. The van der Waals surface area contributed by atoms with E-state index in [0.29, 0.717) is 67.8 Å². The van der Waals surface area contributed by atoms with Crippen LogP contribution in [0.3, 0.4) is 0 Å². The second kappa shape index (κ2) is 65.4. The molecule has 2 heterocycles. The maximum Gasteiger partial charge on any atom is 0.407 e. The summed E-state index contributed by atoms with van der Waals surface area (Å²) in [4.78, 5) is 95.6. The maximum atomic E-state index is 13.4. The normalized spacial score (nSPS) is 16.5. The zero-order chi connectivity index (χ0) is 111. The molecule has 6 aliphatic rings. The molecule has 0 saturated carbocycles. The predicted molar refractivity (Wildman–Crippen MR) is 637 cm³/mol. The molecule has 17 N–H and O–H groups in total. The van der Waals surface area contributed by atoms with Gasteiger partial charge in [-0.15, -0.1) is 11.6 Å². The number of imide groups is 2. The molecule has 26 nitrogen and oxygen atoms in total. The number of esters is 1. The van der Waals surface area contributed by atoms with Crippen LogP contribution < -0.4 is 38.5 Å². The van der Waals surface area contributed by atoms with Gasteiger partial charge in [-0.3, -0.25) is 34.2 Å². The number of carbonyl (C=O) groups excluding carboxylic acids is 8. The topological polar surface area (TPSA) is 443 Å². The van der Waals surface area contributed by atoms with Gasteiger partial charge in [0.2, 0.25) is 0 Å². The fourth-order valence-corrected chi connectivity index (χ4v) is 18.1. The van der Waals surface area contributed by atoms with Crippen molar-refractivity contribution in [3.63, 3.8) is 0 Å². The van der Waals surface area contributed by atoms with Gasteiger partial charge in [-0.2, -0.15) is 0 Å². The molecule has 2 aliphatic heterocycles. The summed E-state index contributed by atoms with van der Waals surface area (Å²) in [6, 6.07) is 45.7. The van der Waals surface area contributed by atoms with Gasteiger partial charge in [-0.05, 0) is 345 Å². The highest BCUT2D eigenvalue weighted by Crippen LogP contribution is 2.46. The molecule has 0 bridgehead atoms. The number of nitrogens with two attached hydrogens (primary N) is 3. The van der Waals surface area contributed by atoms with Crippen LogP contribution in [0.15, 0.2) is 214 Å². The lowest BCUT2D eigenvalue weighted by atomic mass is 9.72. The van der Waals surface area contributed by atoms with Crippen LogP contribution >= 0.6 is 11.6 Å². The van der Waals surface area contributed by atoms with E-state index in [1.807, 2.05) is 103 Å². The number of halogens is 1. The number of amides is 7. The van der Waals surface area contributed by atoms with Gasteiger partial charge in [-0.1, -0.05) is 242 Å². The van der Waals surface area contributed by atoms with Crippen molar-refractivity contribution in [1.82, 2.24) is 26.2 Å². The van der Waals surface area contributed by atoms with E-state index in [9.17, 15) is 43.5 Å². The minimum absolute atomic E-state index is 0. The van der Waals surface area contributed by atoms with E-state index >= 15 is 0 Å². The molecule has 27 heteroatoms. The lowest BCUT2D eigenvalue weighted by Gasteiger charge is -2.33. The molecule has 4 aliphatic carbocycles. The summed E-state index contributed by atoms with van der Waals surface area (Å²) in [5.41, 5.74) is 49.2. The molecule has 0 spiro atoms. The van der Waals surface area contributed by atoms with E-state index in [4.69, 9.17) is 64.3 Å². The number of hydrogen-bond acceptors (Lipinski definition) is 20. The van der Waals surface area contributed by atoms with E-state index in [-0.39, 0.29) is 111 Å². The highest BCUT2D eigenvalue weighted by Gasteiger charge is 2.41. The fourth-order valence-electron chi connectivity index (χ4n) is 18.1. The first-order valence-electron chi connectivity index (χ1n) is 51.9. The zero-order valence-electron chi connectivity index (χ0n) is 93.6. The van der Waals surface area contributed by atoms with Gasteiger partial charge in [0, 0.05) is 80.6 Å². The Morgan fingerprint density at radius 2 is 0.716 bits per heavy atom. The Morgan fingerprint density at radius 3 is 1.00 bits per heavy atom. The monoisotopic (exact) mass is 2100 g/mol. The molecule has 6 aromatic carbocycles. The molecular formula is C121H211ClN10O16. The molecule has 0 aromatic heterocycles. The standard InChI is InChI=1S/C33H40N2O4.C25H38N2O2.C25H37NO3.C20H30N2.C8H5NO2.C4H8O2.C2H5Cl.2C2H6O.H2N2.H2O.16H2/c1-22-11-10-19-33(5,6)27(22)17-16-23-12-9-13-24(21-23)28(18-20-34-31(38)39-32(2,3)4)35-29(36)25-14-7-8-15-26(25)30(35)37;1-18-9-8-15-25(5,6)21(18)13-12-19-10-7-11-20(17-19)22(26)14-16-27-23(28)29-24(2,3)4;1-18-9-8-15-25(5,6)21(18)13-12-19-10-7-11-20(17-19)22(27)14-16-26-23(28)29-24(2,3)4;1-15-6-5-12-20(2,3)18(15)10-9-16-7-4-8-17(14-16)19(22)11-13-21;10-7-5-3-1-2-4-6(5)8(11)9-7;1-3-6-4(2)5;3*1-2-3;1-2;;;;;;;;;;;;;;;;;/h7-9,12-17,21,28H,10-11,18-20H2,1-6H3,(H,34,38);7,10-13,17,22H,8-9,14-16,26H2,1-6H3,(H,27,28);7,10-13,17,22,27H,8-9,14-16H2,1-6H3,(H,26,28);4,7-10,14,19H,5-6,11-13,21-22H2,1-3H3;1-4H,(H,9,10,11);3H2,1-2H3;2H2,1H3;2*3H,2H2,1H3;1-2H;1H2;16*1H/b17-16+;2*13-12+;10-9+;;;;;;;;;;;;;;;;;;;;;;;. The lowest BCUT2D eigenvalue weighted by molar-refractivity contribution is -0.140. The third-order valence-electron chi connectivity index (χ3n) is 25.1. The molecule has 6 aromatic rings. The van der Waals surface area contributed by atoms with Crippen LogP contribution in [-0.2, 0) is 23.7 Å². The molecule has 4 unspecified atom stereocenters. The Labute approximate surface area is 913 Å². The van der Waals surface area contributed by atoms with Gasteiger partial charge in [-0.25, -0.2) is 25.4 Å². The van der Waals surface area contributed by atoms with E-state index in [2.05, 4.69) is 200 Å². The van der Waals surface area contributed by atoms with Crippen molar-refractivity contribution in [3.05, 3.63) is 281 Å². The Hall–Kier alpha value is -11.6. The second-order valence-electron chi connectivity index (χ2n) is 42.9. The number of aliphatic hydroxyl groups excluding tert-OH is 3. The molecule has 7 amide bonds. The summed E-state index contributed by atoms with van der Waals surface area (Å²) in [5, 5.41) is 36.1. The Morgan fingerprint density at radius 1 is 0.446 bits per heavy atom. The van der Waals surface area contributed by atoms with Crippen molar-refractivity contribution in [1.29, 1.82) is 11.1 Å². The maximum absolute atomic E-state index is 13.4. The molecule has 0 fully saturated rings. The van der Waals surface area contributed by atoms with Gasteiger partial charge >= 0.3 is 24.2 Å². The summed E-state index contributed by atoms with van der Waals surface area (Å²) in [5.74, 6) is -0.721. The fraction of sp³-hybridized carbons (Fsp3) is 0.504. The van der Waals surface area contributed by atoms with E-state index in [1.165, 1.54) is 132 Å². The van der Waals surface area contributed by atoms with Gasteiger partial charge in [0.25, 0.3) is 23.6 Å². The summed E-state index contributed by atoms with van der Waals surface area (Å²) in [6.45, 7) is 55.1. The van der Waals surface area contributed by atoms with Crippen molar-refractivity contribution >= 4 is 83.8 Å². The lowest BCUT2D eigenvalue weighted by Crippen LogP contribution is -2.38. The van der Waals surface area contributed by atoms with Crippen molar-refractivity contribution < 1.29 is 101 Å². The summed E-state index contributed by atoms with van der Waals surface area (Å²) < 4.78 is 20.2. The quantitative estimate of drug-likeness (QED) is 0.00832. The van der Waals surface area contributed by atoms with Crippen LogP contribution in [0.25, 0.3) is 24.3 Å². The Bertz CT molecular complexity index is 5350. The van der Waals surface area contributed by atoms with Crippen LogP contribution in [0.2, 0.25) is 0 Å². The van der Waals surface area contributed by atoms with Crippen LogP contribution in [-0.4, -0.2) is 142 Å². The van der Waals surface area contributed by atoms with E-state index < -0.39 is 47.2 Å². The highest BCUT2D eigenvalue weighted by atomic mass is 35.5. The number of alkyl carbamates (subject to hydrolysis) is 3. The number of carbonyl (C=O) groups is 8. The van der Waals surface area contributed by atoms with Crippen LogP contribution in [0.4, 0.5) is 14.4 Å². The number of allylic oxidation sites excluding steroid dienone is 12. The van der Waals surface area contributed by atoms with Crippen molar-refractivity contribution in [2.75, 3.05) is 51.9 Å². The number of benzene rings is 6. The third-order valence-corrected chi connectivity index (χ3v) is 25.1. The van der Waals surface area contributed by atoms with Crippen LogP contribution in [0, 0.1) is 32.7 Å². The summed E-state index contributed by atoms with van der Waals surface area (Å²) >= 11 is 5.00. The van der Waals surface area contributed by atoms with Crippen LogP contribution in [0.1, 0.15) is 416 Å². The van der Waals surface area contributed by atoms with Gasteiger partial charge < -0.3 is 72.9 Å². The molecule has 148 heavy (non-hydrogen) atoms. The highest BCUT2D eigenvalue weighted by molar-refractivity contribution is 6.22. The largest absolute Gasteiger partial charge is 0.466 e. The van der Waals surface area contributed by atoms with Crippen molar-refractivity contribution in [2.24, 2.45) is 38.9 Å². The third kappa shape index (κ3) is 47.1. The number of hydrogen-bond donors (Lipinski definition) is 12. The Kier molecular flexibility index (Phi) is 58.5. The number of nitrogens with zero attached hydrogens (tertiary/aromatic N) is 1. The molecule has 0 saturated heterocycles. The molecule has 848 valence electrons. The molecular weight excluding hydrogens is 1880 g/mol. The predicted octanol–water partition coefficient (Wildman–Crippen LogP) is 30.5. The number of nitrogens with one attached hydrogen (secondary N) is 6. The summed E-state index contributed by atoms with van der Waals surface area (Å²) in [7, 11) is 0. The summed E-state index contributed by atoms with van der Waals surface area (Å²) in [6.07, 6.45) is 32.6. The molecule has 4 atom stereocenters. The molecule has 12 rings (SSSR count). The van der Waals surface area contributed by atoms with Gasteiger partial charge in [0.05, 0.1) is 41.0 Å². The number of ether oxygens (including phenoxy) is 4. The first kappa shape index (κ1) is 132. The van der Waals surface area contributed by atoms with Gasteiger partial charge in [0.15, 0.2) is 0 Å². The van der Waals surface area contributed by atoms with Crippen molar-refractivity contribution in [3.8, 4) is 0 Å². The second-order valence-corrected chi connectivity index (χ2v) is 43.4. The van der Waals surface area contributed by atoms with Crippen LogP contribution in [0.5, 0.6) is 0 Å². The zero-order valence-corrected chi connectivity index (χ0v) is 94.3. The average molecular weight is 2100 g/mol. The first-order valence-corrected chi connectivity index (χ1v) is 52.4. The smallest absolute Gasteiger partial charge is 0.407 e. The van der Waals surface area contributed by atoms with Crippen molar-refractivity contribution in [2.45, 2.75) is 324 Å². The minimum Gasteiger partial charge on any atom is -0.466 e. The average Bonchev–Trinajstić information content (AvgIpc) is 1.61. The number of fused-ring (bicyclic) bond motifs is 2. The number of aliphatic hydroxyl groups is 3. The number of rotatable bonds is 25. The van der Waals surface area contributed by atoms with E-state index in [0.717, 1.165) is 58.5 Å². The number of alkyl halides is 1. The van der Waals surface area contributed by atoms with E-state index in [1.54, 1.807) is 90.1 Å². The Balaban J connectivity index is -0.000000126.